The Morgan fingerprint density at radius 2 is 0.543 bits per heavy atom. The highest BCUT2D eigenvalue weighted by atomic mass is 32.2. The van der Waals surface area contributed by atoms with Gasteiger partial charge in [0.05, 0.1) is 140 Å². The van der Waals surface area contributed by atoms with E-state index in [1.54, 1.807) is 33.1 Å². The topological polar surface area (TPSA) is 264 Å². The molecule has 0 radical (unpaired) electrons. The molecular weight excluding hydrogens is 1760 g/mol. The Balaban J connectivity index is -0.000000194. The number of ether oxygens (including phenoxy) is 12. The van der Waals surface area contributed by atoms with Gasteiger partial charge in [0.2, 0.25) is 0 Å². The number of allylic oxidation sites excluding steroid dienone is 6. The van der Waals surface area contributed by atoms with Crippen molar-refractivity contribution >= 4 is 65.5 Å². The Kier molecular flexibility index (Phi) is 87.8. The zero-order valence-corrected chi connectivity index (χ0v) is 96.0. The zero-order chi connectivity index (χ0) is 109. The third-order valence-corrected chi connectivity index (χ3v) is 26.7. The molecule has 138 heavy (non-hydrogen) atoms. The summed E-state index contributed by atoms with van der Waals surface area (Å²) in [5.41, 5.74) is 10.7. The van der Waals surface area contributed by atoms with Crippen LogP contribution in [0.3, 0.4) is 0 Å². The molecular formula is C116H208O21S. The third-order valence-electron chi connectivity index (χ3n) is 26.1. The molecule has 0 saturated carbocycles. The minimum atomic E-state index is -0.407. The van der Waals surface area contributed by atoms with Gasteiger partial charge in [0.15, 0.2) is 0 Å². The molecule has 0 saturated heterocycles. The predicted molar refractivity (Wildman–Crippen MR) is 580 cm³/mol. The van der Waals surface area contributed by atoms with E-state index in [9.17, 15) is 43.2 Å². The van der Waals surface area contributed by atoms with E-state index in [-0.39, 0.29) is 132 Å². The van der Waals surface area contributed by atoms with Crippen molar-refractivity contribution < 1.29 is 100.0 Å². The molecule has 13 atom stereocenters. The van der Waals surface area contributed by atoms with Gasteiger partial charge < -0.3 is 56.8 Å². The first-order chi connectivity index (χ1) is 63.2. The fourth-order valence-electron chi connectivity index (χ4n) is 14.2. The largest absolute Gasteiger partial charge is 0.469 e. The van der Waals surface area contributed by atoms with Crippen LogP contribution in [0.1, 0.15) is 311 Å². The van der Waals surface area contributed by atoms with E-state index in [4.69, 9.17) is 42.6 Å². The molecule has 1 aromatic rings. The number of hydrogen-bond donors (Lipinski definition) is 0. The van der Waals surface area contributed by atoms with Gasteiger partial charge in [-0.2, -0.15) is 11.8 Å². The number of carbonyl (C=O) groups excluding carboxylic acids is 9. The SMILES string of the molecule is C.C=C(C(C)C)[C@@H](CC(=O)OC)C(C)(C)C.C=C(C(C)C)[C@@H](CC(=O)OC)C(C)(C)OC.C=C(C(C)C)[C@@H](CC(=O)OC)C(C)C.C=C(C(C)C)[C@@H](CC(=O)OC)[C@@H](C)CC.C=C(C(C)C)[C@@H](CC(=O)OC)[C@@H](C)OC.C=C(C(C)C)[C@@H](CC(=O)OC)[C@H](C)CC.C=C(C(C)C)[C@@H](CC(=O)OC)[C@H](C)OC.C=C(C(C)C)[C@@H](CC(=O)OC)c1ccccc1.C=C(C(C)C)[C@H](CCSC)CC(=O)OC. The highest BCUT2D eigenvalue weighted by Gasteiger charge is 2.36. The summed E-state index contributed by atoms with van der Waals surface area (Å²) in [6.07, 6.45) is 8.79. The van der Waals surface area contributed by atoms with Crippen molar-refractivity contribution in [1.29, 1.82) is 0 Å². The van der Waals surface area contributed by atoms with E-state index in [2.05, 4.69) is 267 Å². The summed E-state index contributed by atoms with van der Waals surface area (Å²) in [5, 5.41) is 0. The van der Waals surface area contributed by atoms with Gasteiger partial charge in [-0.3, -0.25) is 43.2 Å². The molecule has 22 heteroatoms. The monoisotopic (exact) mass is 1970 g/mol. The van der Waals surface area contributed by atoms with E-state index in [1.165, 1.54) is 64.0 Å². The van der Waals surface area contributed by atoms with Crippen molar-refractivity contribution in [1.82, 2.24) is 0 Å². The fraction of sp³-hybridized carbons (Fsp3) is 0.716. The Morgan fingerprint density at radius 3 is 0.790 bits per heavy atom. The summed E-state index contributed by atoms with van der Waals surface area (Å²) < 4.78 is 58.3. The molecule has 0 aliphatic carbocycles. The van der Waals surface area contributed by atoms with E-state index in [0.717, 1.165) is 80.7 Å². The Labute approximate surface area is 849 Å². The van der Waals surface area contributed by atoms with Crippen molar-refractivity contribution in [3.8, 4) is 0 Å². The van der Waals surface area contributed by atoms with Crippen molar-refractivity contribution in [2.75, 3.05) is 97.3 Å². The average molecular weight is 1970 g/mol. The molecule has 0 spiro atoms. The third kappa shape index (κ3) is 66.2. The van der Waals surface area contributed by atoms with Crippen LogP contribution in [0.15, 0.2) is 140 Å². The maximum absolute atomic E-state index is 11.5. The minimum absolute atomic E-state index is 0. The lowest BCUT2D eigenvalue weighted by Gasteiger charge is -2.35. The second-order valence-corrected chi connectivity index (χ2v) is 41.2. The van der Waals surface area contributed by atoms with Gasteiger partial charge in [-0.05, 0) is 158 Å². The summed E-state index contributed by atoms with van der Waals surface area (Å²) in [6, 6.07) is 9.99. The Morgan fingerprint density at radius 1 is 0.304 bits per heavy atom. The van der Waals surface area contributed by atoms with Crippen LogP contribution in [0.5, 0.6) is 0 Å². The summed E-state index contributed by atoms with van der Waals surface area (Å²) in [4.78, 5) is 102. The standard InChI is InChI=1S/C15H20O2.C13H24O3.3C13H24O2.2C12H22O3.C12H22O2S.C12H22O2.CH4/c1-11(2)12(3)14(10-15(16)17-4)13-8-6-5-7-9-13;1-9(2)10(3)11(8-12(14)15-6)13(4,5)16-7;1-9(2)10(3)11(13(4,5)6)8-12(14)15-7;2*1-7-10(4)12(8-13(14)15-6)11(5)9(2)3;2*1-8(2)9(3)11(10(4)14-5)7-12(13)15-6;1-9(2)10(3)11(6-7-15-5)8-12(13)14-4;1-8(2)10(5)11(9(3)4)7-12(13)14-6;/h5-9,11,14H,3,10H2,1-2,4H3;9,11H,3,8H2,1-2,4-7H3;9,11H,3,8H2,1-2,4-7H3;2*9-10,12H,5,7-8H2,1-4,6H3;2*8,10-11H,3,7H2,1-2,4-6H3;9,11H,3,6-8H2,1-2,4-5H3;8-9,11H,5,7H2,1-4,6H3;1H4/t14-;2*11-;10-,12+;10-,12-;10-,11+;10-,11-;2*11-;/m111100110./s1. The number of esters is 9. The number of methoxy groups -OCH3 is 12. The highest BCUT2D eigenvalue weighted by molar-refractivity contribution is 7.98. The quantitative estimate of drug-likeness (QED) is 0.0333. The lowest BCUT2D eigenvalue weighted by molar-refractivity contribution is -0.144. The minimum Gasteiger partial charge on any atom is -0.469 e. The molecule has 0 aliphatic rings. The van der Waals surface area contributed by atoms with Gasteiger partial charge in [0.25, 0.3) is 0 Å². The van der Waals surface area contributed by atoms with E-state index >= 15 is 0 Å². The van der Waals surface area contributed by atoms with Gasteiger partial charge in [-0.25, -0.2) is 0 Å². The molecule has 0 heterocycles. The lowest BCUT2D eigenvalue weighted by Crippen LogP contribution is -2.37. The molecule has 0 aliphatic heterocycles. The average Bonchev–Trinajstić information content (AvgIpc) is 0.837. The van der Waals surface area contributed by atoms with Gasteiger partial charge in [0.1, 0.15) is 0 Å². The van der Waals surface area contributed by atoms with Crippen LogP contribution in [0.2, 0.25) is 0 Å². The molecule has 0 aromatic heterocycles. The molecule has 1 aromatic carbocycles. The molecule has 21 nitrogen and oxygen atoms in total. The van der Waals surface area contributed by atoms with Crippen LogP contribution in [0.25, 0.3) is 0 Å². The molecule has 0 bridgehead atoms. The lowest BCUT2D eigenvalue weighted by atomic mass is 9.72. The van der Waals surface area contributed by atoms with Crippen LogP contribution in [-0.4, -0.2) is 169 Å². The summed E-state index contributed by atoms with van der Waals surface area (Å²) in [5.74, 6) is 5.65. The van der Waals surface area contributed by atoms with Crippen molar-refractivity contribution in [3.05, 3.63) is 145 Å². The van der Waals surface area contributed by atoms with Crippen molar-refractivity contribution in [3.63, 3.8) is 0 Å². The maximum Gasteiger partial charge on any atom is 0.306 e. The Bertz CT molecular complexity index is 3450. The van der Waals surface area contributed by atoms with Crippen LogP contribution >= 0.6 is 11.8 Å². The smallest absolute Gasteiger partial charge is 0.306 e. The van der Waals surface area contributed by atoms with Crippen LogP contribution < -0.4 is 0 Å². The number of rotatable bonds is 51. The first kappa shape index (κ1) is 148. The van der Waals surface area contributed by atoms with E-state index in [1.807, 2.05) is 58.0 Å². The van der Waals surface area contributed by atoms with Crippen LogP contribution in [0, 0.1) is 124 Å². The second-order valence-electron chi connectivity index (χ2n) is 40.2. The maximum atomic E-state index is 11.5. The zero-order valence-electron chi connectivity index (χ0n) is 95.2. The molecule has 0 unspecified atom stereocenters. The predicted octanol–water partition coefficient (Wildman–Crippen LogP) is 28.2. The number of benzene rings is 1. The first-order valence-corrected chi connectivity index (χ1v) is 50.5. The second kappa shape index (κ2) is 81.8. The molecule has 0 fully saturated rings. The van der Waals surface area contributed by atoms with Crippen molar-refractivity contribution in [2.24, 2.45) is 124 Å². The van der Waals surface area contributed by atoms with Gasteiger partial charge in [-0.1, -0.05) is 347 Å². The highest BCUT2D eigenvalue weighted by Crippen LogP contribution is 2.40. The van der Waals surface area contributed by atoms with Crippen molar-refractivity contribution in [2.45, 2.75) is 323 Å². The Hall–Kier alpha value is -7.66. The summed E-state index contributed by atoms with van der Waals surface area (Å²) in [6.45, 7) is 101. The summed E-state index contributed by atoms with van der Waals surface area (Å²) in [7, 11) is 17.7. The van der Waals surface area contributed by atoms with Crippen LogP contribution in [-0.2, 0) is 100.0 Å². The molecule has 1 rings (SSSR count). The number of carbonyl (C=O) groups is 9. The van der Waals surface area contributed by atoms with Gasteiger partial charge in [-0.15, -0.1) is 0 Å². The summed E-state index contributed by atoms with van der Waals surface area (Å²) >= 11 is 1.80. The van der Waals surface area contributed by atoms with Gasteiger partial charge >= 0.3 is 53.7 Å². The number of hydrogen-bond acceptors (Lipinski definition) is 22. The van der Waals surface area contributed by atoms with E-state index < -0.39 is 5.60 Å². The molecule has 0 amide bonds. The first-order valence-electron chi connectivity index (χ1n) is 49.1. The van der Waals surface area contributed by atoms with E-state index in [0.29, 0.717) is 129 Å². The normalized spacial score (nSPS) is 13.7. The van der Waals surface area contributed by atoms with Gasteiger partial charge in [0, 0.05) is 45.0 Å². The molecule has 0 N–H and O–H groups in total. The fourth-order valence-corrected chi connectivity index (χ4v) is 14.8. The molecule has 804 valence electrons. The van der Waals surface area contributed by atoms with Crippen LogP contribution in [0.4, 0.5) is 0 Å². The number of thioether (sulfide) groups is 1.